The van der Waals surface area contributed by atoms with E-state index in [1.807, 2.05) is 11.5 Å². The van der Waals surface area contributed by atoms with Crippen LogP contribution in [0.5, 0.6) is 0 Å². The van der Waals surface area contributed by atoms with Crippen molar-refractivity contribution in [2.75, 3.05) is 0 Å². The first-order valence-corrected chi connectivity index (χ1v) is 6.14. The third kappa shape index (κ3) is 2.71. The Kier molecular flexibility index (Phi) is 3.99. The number of benzene rings is 1. The highest BCUT2D eigenvalue weighted by Gasteiger charge is 2.17. The van der Waals surface area contributed by atoms with Gasteiger partial charge in [-0.1, -0.05) is 18.5 Å². The SMILES string of the molecule is CCCn1ccnc1C(O)c1cc(F)cc(Cl)c1. The zero-order valence-electron chi connectivity index (χ0n) is 9.98. The van der Waals surface area contributed by atoms with Crippen LogP contribution in [0, 0.1) is 5.82 Å². The smallest absolute Gasteiger partial charge is 0.142 e. The molecule has 2 rings (SSSR count). The highest BCUT2D eigenvalue weighted by Crippen LogP contribution is 2.24. The number of aliphatic hydroxyl groups excluding tert-OH is 1. The number of aryl methyl sites for hydroxylation is 1. The second-order valence-electron chi connectivity index (χ2n) is 4.08. The molecule has 0 aliphatic rings. The Hall–Kier alpha value is -1.39. The first kappa shape index (κ1) is 13.1. The summed E-state index contributed by atoms with van der Waals surface area (Å²) in [5.41, 5.74) is 0.406. The van der Waals surface area contributed by atoms with Crippen LogP contribution in [0.3, 0.4) is 0 Å². The van der Waals surface area contributed by atoms with E-state index in [2.05, 4.69) is 4.98 Å². The third-order valence-electron chi connectivity index (χ3n) is 2.66. The van der Waals surface area contributed by atoms with Crippen molar-refractivity contribution in [3.8, 4) is 0 Å². The second kappa shape index (κ2) is 5.50. The fraction of sp³-hybridized carbons (Fsp3) is 0.308. The zero-order chi connectivity index (χ0) is 13.1. The largest absolute Gasteiger partial charge is 0.380 e. The lowest BCUT2D eigenvalue weighted by atomic mass is 10.1. The van der Waals surface area contributed by atoms with E-state index >= 15 is 0 Å². The van der Waals surface area contributed by atoms with E-state index in [0.29, 0.717) is 11.4 Å². The van der Waals surface area contributed by atoms with E-state index in [1.54, 1.807) is 18.5 Å². The number of halogens is 2. The van der Waals surface area contributed by atoms with Crippen LogP contribution >= 0.6 is 11.6 Å². The van der Waals surface area contributed by atoms with Crippen molar-refractivity contribution < 1.29 is 9.50 Å². The maximum Gasteiger partial charge on any atom is 0.142 e. The van der Waals surface area contributed by atoms with Crippen molar-refractivity contribution in [3.63, 3.8) is 0 Å². The van der Waals surface area contributed by atoms with Crippen LogP contribution in [0.2, 0.25) is 5.02 Å². The van der Waals surface area contributed by atoms with Crippen LogP contribution in [0.15, 0.2) is 30.6 Å². The summed E-state index contributed by atoms with van der Waals surface area (Å²) in [7, 11) is 0. The minimum Gasteiger partial charge on any atom is -0.380 e. The Labute approximate surface area is 110 Å². The fourth-order valence-electron chi connectivity index (χ4n) is 1.88. The highest BCUT2D eigenvalue weighted by molar-refractivity contribution is 6.30. The molecule has 0 radical (unpaired) electrons. The van der Waals surface area contributed by atoms with E-state index in [-0.39, 0.29) is 5.02 Å². The molecule has 0 saturated carbocycles. The normalized spacial score (nSPS) is 12.7. The van der Waals surface area contributed by atoms with Crippen LogP contribution in [0.4, 0.5) is 4.39 Å². The number of imidazole rings is 1. The van der Waals surface area contributed by atoms with Gasteiger partial charge in [0, 0.05) is 24.0 Å². The van der Waals surface area contributed by atoms with Gasteiger partial charge in [0.25, 0.3) is 0 Å². The minimum atomic E-state index is -0.972. The summed E-state index contributed by atoms with van der Waals surface area (Å²) in [6.45, 7) is 2.80. The Morgan fingerprint density at radius 2 is 2.22 bits per heavy atom. The number of aromatic nitrogens is 2. The molecular weight excluding hydrogens is 255 g/mol. The molecular formula is C13H14ClFN2O. The number of aliphatic hydroxyl groups is 1. The summed E-state index contributed by atoms with van der Waals surface area (Å²) >= 11 is 5.78. The van der Waals surface area contributed by atoms with Gasteiger partial charge in [-0.25, -0.2) is 9.37 Å². The Morgan fingerprint density at radius 3 is 2.89 bits per heavy atom. The van der Waals surface area contributed by atoms with Crippen molar-refractivity contribution >= 4 is 11.6 Å². The number of rotatable bonds is 4. The zero-order valence-corrected chi connectivity index (χ0v) is 10.7. The Morgan fingerprint density at radius 1 is 1.44 bits per heavy atom. The number of nitrogens with zero attached hydrogens (tertiary/aromatic N) is 2. The van der Waals surface area contributed by atoms with Crippen molar-refractivity contribution in [2.45, 2.75) is 26.0 Å². The molecule has 1 heterocycles. The van der Waals surface area contributed by atoms with Crippen LogP contribution in [0.1, 0.15) is 30.8 Å². The highest BCUT2D eigenvalue weighted by atomic mass is 35.5. The van der Waals surface area contributed by atoms with Gasteiger partial charge in [-0.05, 0) is 30.2 Å². The van der Waals surface area contributed by atoms with Crippen molar-refractivity contribution in [3.05, 3.63) is 52.8 Å². The first-order valence-electron chi connectivity index (χ1n) is 5.77. The predicted octanol–water partition coefficient (Wildman–Crippen LogP) is 3.17. The molecule has 0 aliphatic heterocycles. The molecule has 0 bridgehead atoms. The first-order chi connectivity index (χ1) is 8.61. The van der Waals surface area contributed by atoms with Gasteiger partial charge in [0.15, 0.2) is 0 Å². The average Bonchev–Trinajstić information content (AvgIpc) is 2.75. The summed E-state index contributed by atoms with van der Waals surface area (Å²) in [5.74, 6) is 0.0312. The molecule has 0 aliphatic carbocycles. The molecule has 1 aromatic heterocycles. The predicted molar refractivity (Wildman–Crippen MR) is 68.0 cm³/mol. The second-order valence-corrected chi connectivity index (χ2v) is 4.52. The van der Waals surface area contributed by atoms with Gasteiger partial charge in [0.05, 0.1) is 0 Å². The van der Waals surface area contributed by atoms with Gasteiger partial charge >= 0.3 is 0 Å². The third-order valence-corrected chi connectivity index (χ3v) is 2.88. The van der Waals surface area contributed by atoms with Crippen molar-refractivity contribution in [2.24, 2.45) is 0 Å². The molecule has 1 N–H and O–H groups in total. The molecule has 1 unspecified atom stereocenters. The van der Waals surface area contributed by atoms with Gasteiger partial charge in [0.2, 0.25) is 0 Å². The van der Waals surface area contributed by atoms with Gasteiger partial charge in [0.1, 0.15) is 17.7 Å². The quantitative estimate of drug-likeness (QED) is 0.925. The van der Waals surface area contributed by atoms with E-state index in [1.165, 1.54) is 12.1 Å². The molecule has 2 aromatic rings. The topological polar surface area (TPSA) is 38.0 Å². The van der Waals surface area contributed by atoms with Crippen molar-refractivity contribution in [1.82, 2.24) is 9.55 Å². The summed E-state index contributed by atoms with van der Waals surface area (Å²) in [4.78, 5) is 4.12. The Bertz CT molecular complexity index is 521. The molecule has 1 atom stereocenters. The molecule has 1 aromatic carbocycles. The monoisotopic (exact) mass is 268 g/mol. The molecule has 0 fully saturated rings. The molecule has 18 heavy (non-hydrogen) atoms. The fourth-order valence-corrected chi connectivity index (χ4v) is 2.11. The summed E-state index contributed by atoms with van der Waals surface area (Å²) in [6.07, 6.45) is 3.37. The average molecular weight is 269 g/mol. The molecule has 0 spiro atoms. The van der Waals surface area contributed by atoms with Gasteiger partial charge in [-0.3, -0.25) is 0 Å². The van der Waals surface area contributed by atoms with Crippen LogP contribution in [-0.2, 0) is 6.54 Å². The molecule has 96 valence electrons. The minimum absolute atomic E-state index is 0.262. The van der Waals surface area contributed by atoms with E-state index < -0.39 is 11.9 Å². The Balaban J connectivity index is 2.34. The number of hydrogen-bond acceptors (Lipinski definition) is 2. The molecule has 5 heteroatoms. The maximum atomic E-state index is 13.3. The summed E-state index contributed by atoms with van der Waals surface area (Å²) in [6, 6.07) is 4.01. The van der Waals surface area contributed by atoms with Crippen LogP contribution in [0.25, 0.3) is 0 Å². The maximum absolute atomic E-state index is 13.3. The molecule has 0 amide bonds. The lowest BCUT2D eigenvalue weighted by Gasteiger charge is -2.13. The lowest BCUT2D eigenvalue weighted by Crippen LogP contribution is -2.10. The molecule has 0 saturated heterocycles. The van der Waals surface area contributed by atoms with Gasteiger partial charge in [-0.2, -0.15) is 0 Å². The standard InChI is InChI=1S/C13H14ClFN2O/c1-2-4-17-5-3-16-13(17)12(18)9-6-10(14)8-11(15)7-9/h3,5-8,12,18H,2,4H2,1H3. The van der Waals surface area contributed by atoms with Crippen LogP contribution < -0.4 is 0 Å². The van der Waals surface area contributed by atoms with Gasteiger partial charge in [-0.15, -0.1) is 0 Å². The molecule has 3 nitrogen and oxygen atoms in total. The number of hydrogen-bond donors (Lipinski definition) is 1. The van der Waals surface area contributed by atoms with E-state index in [4.69, 9.17) is 11.6 Å². The van der Waals surface area contributed by atoms with Crippen LogP contribution in [-0.4, -0.2) is 14.7 Å². The van der Waals surface area contributed by atoms with Gasteiger partial charge < -0.3 is 9.67 Å². The van der Waals surface area contributed by atoms with E-state index in [9.17, 15) is 9.50 Å². The van der Waals surface area contributed by atoms with Crippen molar-refractivity contribution in [1.29, 1.82) is 0 Å². The van der Waals surface area contributed by atoms with E-state index in [0.717, 1.165) is 13.0 Å². The summed E-state index contributed by atoms with van der Waals surface area (Å²) in [5, 5.41) is 10.5. The lowest BCUT2D eigenvalue weighted by molar-refractivity contribution is 0.204. The summed E-state index contributed by atoms with van der Waals surface area (Å²) < 4.78 is 15.1.